The topological polar surface area (TPSA) is 56.2 Å². The molecule has 26 heavy (non-hydrogen) atoms. The number of halogens is 2. The van der Waals surface area contributed by atoms with E-state index >= 15 is 0 Å². The highest BCUT2D eigenvalue weighted by atomic mass is 35.5. The average molecular weight is 390 g/mol. The Bertz CT molecular complexity index is 897. The van der Waals surface area contributed by atoms with Crippen LogP contribution in [0.15, 0.2) is 60.9 Å². The summed E-state index contributed by atoms with van der Waals surface area (Å²) < 4.78 is 7.38. The quantitative estimate of drug-likeness (QED) is 0.692. The number of hydrogen-bond donors (Lipinski definition) is 1. The Balaban J connectivity index is 1.74. The molecule has 1 unspecified atom stereocenters. The number of carbonyl (C=O) groups is 1. The van der Waals surface area contributed by atoms with Crippen LogP contribution >= 0.6 is 23.2 Å². The Morgan fingerprint density at radius 3 is 2.69 bits per heavy atom. The van der Waals surface area contributed by atoms with E-state index in [9.17, 15) is 4.79 Å². The van der Waals surface area contributed by atoms with Crippen LogP contribution in [0.2, 0.25) is 10.0 Å². The van der Waals surface area contributed by atoms with E-state index in [-0.39, 0.29) is 18.6 Å². The molecule has 5 nitrogen and oxygen atoms in total. The van der Waals surface area contributed by atoms with Gasteiger partial charge in [-0.15, -0.1) is 0 Å². The summed E-state index contributed by atoms with van der Waals surface area (Å²) in [5.74, 6) is 0.797. The third-order valence-corrected chi connectivity index (χ3v) is 4.35. The van der Waals surface area contributed by atoms with Crippen molar-refractivity contribution in [3.63, 3.8) is 0 Å². The van der Waals surface area contributed by atoms with E-state index in [1.807, 2.05) is 48.1 Å². The second-order valence-electron chi connectivity index (χ2n) is 5.67. The van der Waals surface area contributed by atoms with Crippen LogP contribution in [0.25, 0.3) is 0 Å². The number of imidazole rings is 1. The van der Waals surface area contributed by atoms with Crippen molar-refractivity contribution in [3.05, 3.63) is 82.4 Å². The van der Waals surface area contributed by atoms with Crippen LogP contribution in [-0.4, -0.2) is 22.1 Å². The molecule has 0 saturated heterocycles. The summed E-state index contributed by atoms with van der Waals surface area (Å²) in [5, 5.41) is 3.84. The lowest BCUT2D eigenvalue weighted by molar-refractivity contribution is -0.123. The second kappa shape index (κ2) is 8.25. The van der Waals surface area contributed by atoms with Crippen LogP contribution in [-0.2, 0) is 11.8 Å². The summed E-state index contributed by atoms with van der Waals surface area (Å²) >= 11 is 12.0. The average Bonchev–Trinajstić information content (AvgIpc) is 3.07. The molecular weight excluding hydrogens is 373 g/mol. The fraction of sp³-hybridized carbons (Fsp3) is 0.158. The zero-order valence-corrected chi connectivity index (χ0v) is 15.5. The number of aromatic nitrogens is 2. The molecule has 1 N–H and O–H groups in total. The van der Waals surface area contributed by atoms with Gasteiger partial charge in [-0.05, 0) is 17.7 Å². The SMILES string of the molecule is Cn1ccnc1C(NC(=O)COc1cc(Cl)ccc1Cl)c1ccccc1. The Morgan fingerprint density at radius 2 is 2.00 bits per heavy atom. The molecule has 0 spiro atoms. The monoisotopic (exact) mass is 389 g/mol. The van der Waals surface area contributed by atoms with Gasteiger partial charge in [-0.3, -0.25) is 4.79 Å². The summed E-state index contributed by atoms with van der Waals surface area (Å²) in [5.41, 5.74) is 0.927. The molecule has 7 heteroatoms. The van der Waals surface area contributed by atoms with Crippen molar-refractivity contribution in [1.82, 2.24) is 14.9 Å². The van der Waals surface area contributed by atoms with Crippen molar-refractivity contribution in [3.8, 4) is 5.75 Å². The highest BCUT2D eigenvalue weighted by molar-refractivity contribution is 6.34. The first-order valence-corrected chi connectivity index (χ1v) is 8.69. The van der Waals surface area contributed by atoms with E-state index < -0.39 is 0 Å². The summed E-state index contributed by atoms with van der Waals surface area (Å²) in [4.78, 5) is 16.8. The lowest BCUT2D eigenvalue weighted by Crippen LogP contribution is -2.34. The first-order valence-electron chi connectivity index (χ1n) is 7.94. The van der Waals surface area contributed by atoms with Crippen LogP contribution in [0.3, 0.4) is 0 Å². The van der Waals surface area contributed by atoms with Crippen molar-refractivity contribution >= 4 is 29.1 Å². The van der Waals surface area contributed by atoms with E-state index in [4.69, 9.17) is 27.9 Å². The fourth-order valence-electron chi connectivity index (χ4n) is 2.53. The molecule has 0 aliphatic rings. The number of aryl methyl sites for hydroxylation is 1. The maximum absolute atomic E-state index is 12.5. The molecule has 0 aliphatic heterocycles. The number of hydrogen-bond acceptors (Lipinski definition) is 3. The van der Waals surface area contributed by atoms with Crippen molar-refractivity contribution in [1.29, 1.82) is 0 Å². The number of amides is 1. The Kier molecular flexibility index (Phi) is 5.81. The maximum Gasteiger partial charge on any atom is 0.258 e. The number of nitrogens with one attached hydrogen (secondary N) is 1. The standard InChI is InChI=1S/C19H17Cl2N3O2/c1-24-10-9-22-19(24)18(13-5-3-2-4-6-13)23-17(25)12-26-16-11-14(20)7-8-15(16)21/h2-11,18H,12H2,1H3,(H,23,25). The molecule has 1 atom stereocenters. The third-order valence-electron chi connectivity index (χ3n) is 3.81. The predicted octanol–water partition coefficient (Wildman–Crippen LogP) is 4.01. The molecule has 0 saturated carbocycles. The Morgan fingerprint density at radius 1 is 1.23 bits per heavy atom. The molecule has 0 bridgehead atoms. The highest BCUT2D eigenvalue weighted by Gasteiger charge is 2.21. The molecule has 0 fully saturated rings. The van der Waals surface area contributed by atoms with Crippen LogP contribution in [0.5, 0.6) is 5.75 Å². The third kappa shape index (κ3) is 4.36. The normalized spacial score (nSPS) is 11.8. The Hall–Kier alpha value is -2.50. The van der Waals surface area contributed by atoms with E-state index in [0.717, 1.165) is 11.4 Å². The number of carbonyl (C=O) groups excluding carboxylic acids is 1. The van der Waals surface area contributed by atoms with Gasteiger partial charge in [0, 0.05) is 30.5 Å². The van der Waals surface area contributed by atoms with Gasteiger partial charge in [0.2, 0.25) is 0 Å². The van der Waals surface area contributed by atoms with Gasteiger partial charge in [0.25, 0.3) is 5.91 Å². The molecule has 3 aromatic rings. The molecule has 1 amide bonds. The lowest BCUT2D eigenvalue weighted by Gasteiger charge is -2.19. The van der Waals surface area contributed by atoms with E-state index in [2.05, 4.69) is 10.3 Å². The molecule has 2 aromatic carbocycles. The first kappa shape index (κ1) is 18.3. The molecule has 0 aliphatic carbocycles. The number of rotatable bonds is 6. The summed E-state index contributed by atoms with van der Waals surface area (Å²) in [6.45, 7) is -0.187. The van der Waals surface area contributed by atoms with Crippen molar-refractivity contribution in [2.75, 3.05) is 6.61 Å². The lowest BCUT2D eigenvalue weighted by atomic mass is 10.1. The number of nitrogens with zero attached hydrogens (tertiary/aromatic N) is 2. The molecular formula is C19H17Cl2N3O2. The van der Waals surface area contributed by atoms with Crippen LogP contribution < -0.4 is 10.1 Å². The van der Waals surface area contributed by atoms with Crippen molar-refractivity contribution in [2.45, 2.75) is 6.04 Å². The minimum Gasteiger partial charge on any atom is -0.482 e. The van der Waals surface area contributed by atoms with Crippen LogP contribution in [0, 0.1) is 0 Å². The van der Waals surface area contributed by atoms with Gasteiger partial charge in [0.15, 0.2) is 6.61 Å². The van der Waals surface area contributed by atoms with E-state index in [1.165, 1.54) is 0 Å². The molecule has 1 aromatic heterocycles. The molecule has 0 radical (unpaired) electrons. The van der Waals surface area contributed by atoms with Gasteiger partial charge in [-0.2, -0.15) is 0 Å². The number of ether oxygens (including phenoxy) is 1. The van der Waals surface area contributed by atoms with Crippen LogP contribution in [0.4, 0.5) is 0 Å². The zero-order chi connectivity index (χ0) is 18.5. The zero-order valence-electron chi connectivity index (χ0n) is 14.0. The molecule has 3 rings (SSSR count). The highest BCUT2D eigenvalue weighted by Crippen LogP contribution is 2.27. The van der Waals surface area contributed by atoms with Gasteiger partial charge in [-0.1, -0.05) is 53.5 Å². The van der Waals surface area contributed by atoms with Gasteiger partial charge < -0.3 is 14.6 Å². The van der Waals surface area contributed by atoms with E-state index in [0.29, 0.717) is 15.8 Å². The summed E-state index contributed by atoms with van der Waals surface area (Å²) in [6, 6.07) is 14.1. The fourth-order valence-corrected chi connectivity index (χ4v) is 2.87. The van der Waals surface area contributed by atoms with Crippen molar-refractivity contribution < 1.29 is 9.53 Å². The predicted molar refractivity (Wildman–Crippen MR) is 102 cm³/mol. The minimum absolute atomic E-state index is 0.187. The molecule has 1 heterocycles. The van der Waals surface area contributed by atoms with Gasteiger partial charge >= 0.3 is 0 Å². The van der Waals surface area contributed by atoms with Crippen molar-refractivity contribution in [2.24, 2.45) is 7.05 Å². The van der Waals surface area contributed by atoms with Gasteiger partial charge in [-0.25, -0.2) is 4.98 Å². The van der Waals surface area contributed by atoms with Gasteiger partial charge in [0.1, 0.15) is 17.6 Å². The van der Waals surface area contributed by atoms with Crippen LogP contribution in [0.1, 0.15) is 17.4 Å². The second-order valence-corrected chi connectivity index (χ2v) is 6.51. The van der Waals surface area contributed by atoms with E-state index in [1.54, 1.807) is 24.4 Å². The van der Waals surface area contributed by atoms with Gasteiger partial charge in [0.05, 0.1) is 5.02 Å². The minimum atomic E-state index is -0.387. The summed E-state index contributed by atoms with van der Waals surface area (Å²) in [7, 11) is 1.88. The maximum atomic E-state index is 12.5. The first-order chi connectivity index (χ1) is 12.5. The Labute approximate surface area is 161 Å². The number of benzene rings is 2. The largest absolute Gasteiger partial charge is 0.482 e. The smallest absolute Gasteiger partial charge is 0.258 e. The molecule has 134 valence electrons. The summed E-state index contributed by atoms with van der Waals surface area (Å²) in [6.07, 6.45) is 3.53.